The number of hydrogen-bond donors (Lipinski definition) is 2. The molecule has 1 atom stereocenters. The highest BCUT2D eigenvalue weighted by atomic mass is 35.5. The lowest BCUT2D eigenvalue weighted by Crippen LogP contribution is -2.37. The highest BCUT2D eigenvalue weighted by Crippen LogP contribution is 2.18. The third kappa shape index (κ3) is 5.13. The van der Waals surface area contributed by atoms with Crippen LogP contribution >= 0.6 is 11.6 Å². The molecular formula is C12H14ClFN2O3. The molecule has 5 nitrogen and oxygen atoms in total. The highest BCUT2D eigenvalue weighted by molar-refractivity contribution is 6.30. The summed E-state index contributed by atoms with van der Waals surface area (Å²) >= 11 is 5.59. The van der Waals surface area contributed by atoms with Crippen LogP contribution in [-0.4, -0.2) is 25.2 Å². The van der Waals surface area contributed by atoms with Gasteiger partial charge in [0.15, 0.2) is 0 Å². The van der Waals surface area contributed by atoms with Crippen molar-refractivity contribution in [3.63, 3.8) is 0 Å². The maximum absolute atomic E-state index is 13.4. The number of ether oxygens (including phenoxy) is 1. The van der Waals surface area contributed by atoms with E-state index in [0.29, 0.717) is 0 Å². The van der Waals surface area contributed by atoms with Gasteiger partial charge in [-0.2, -0.15) is 0 Å². The number of urea groups is 1. The zero-order chi connectivity index (χ0) is 14.4. The standard InChI is InChI=1S/C12H14ClFN2O3/c1-7(5-11(17)19-2)15-12(18)16-10-4-3-8(13)6-9(10)14/h3-4,6-7H,5H2,1-2H3,(H2,15,16,18). The van der Waals surface area contributed by atoms with Gasteiger partial charge in [0.1, 0.15) is 5.82 Å². The second kappa shape index (κ2) is 6.94. The van der Waals surface area contributed by atoms with Crippen LogP contribution in [0.5, 0.6) is 0 Å². The largest absolute Gasteiger partial charge is 0.469 e. The fourth-order valence-electron chi connectivity index (χ4n) is 1.36. The quantitative estimate of drug-likeness (QED) is 0.837. The molecule has 1 aromatic rings. The second-order valence-electron chi connectivity index (χ2n) is 3.90. The van der Waals surface area contributed by atoms with Crippen molar-refractivity contribution < 1.29 is 18.7 Å². The zero-order valence-corrected chi connectivity index (χ0v) is 11.3. The first-order chi connectivity index (χ1) is 8.92. The van der Waals surface area contributed by atoms with Gasteiger partial charge in [0, 0.05) is 11.1 Å². The van der Waals surface area contributed by atoms with Gasteiger partial charge in [0.25, 0.3) is 0 Å². The van der Waals surface area contributed by atoms with E-state index in [9.17, 15) is 14.0 Å². The molecule has 0 aliphatic rings. The van der Waals surface area contributed by atoms with Crippen molar-refractivity contribution in [1.29, 1.82) is 0 Å². The van der Waals surface area contributed by atoms with Gasteiger partial charge in [-0.3, -0.25) is 4.79 Å². The number of carbonyl (C=O) groups excluding carboxylic acids is 2. The molecule has 0 heterocycles. The minimum atomic E-state index is -0.636. The minimum absolute atomic E-state index is 0.00664. The van der Waals surface area contributed by atoms with Gasteiger partial charge in [0.2, 0.25) is 0 Å². The molecule has 0 aliphatic carbocycles. The summed E-state index contributed by atoms with van der Waals surface area (Å²) in [5, 5.41) is 5.05. The van der Waals surface area contributed by atoms with E-state index >= 15 is 0 Å². The molecule has 104 valence electrons. The van der Waals surface area contributed by atoms with E-state index in [4.69, 9.17) is 11.6 Å². The molecule has 0 aliphatic heterocycles. The van der Waals surface area contributed by atoms with Gasteiger partial charge in [-0.25, -0.2) is 9.18 Å². The van der Waals surface area contributed by atoms with Crippen LogP contribution in [0, 0.1) is 5.82 Å². The van der Waals surface area contributed by atoms with Crippen molar-refractivity contribution in [2.75, 3.05) is 12.4 Å². The monoisotopic (exact) mass is 288 g/mol. The lowest BCUT2D eigenvalue weighted by molar-refractivity contribution is -0.141. The third-order valence-electron chi connectivity index (χ3n) is 2.26. The predicted octanol–water partition coefficient (Wildman–Crippen LogP) is 2.55. The summed E-state index contributed by atoms with van der Waals surface area (Å²) in [5.41, 5.74) is 0.00664. The van der Waals surface area contributed by atoms with E-state index in [1.807, 2.05) is 0 Å². The van der Waals surface area contributed by atoms with Gasteiger partial charge in [-0.1, -0.05) is 11.6 Å². The Bertz CT molecular complexity index is 482. The van der Waals surface area contributed by atoms with Crippen LogP contribution in [0.4, 0.5) is 14.9 Å². The van der Waals surface area contributed by atoms with Crippen LogP contribution in [-0.2, 0) is 9.53 Å². The Kier molecular flexibility index (Phi) is 5.57. The van der Waals surface area contributed by atoms with Crippen LogP contribution < -0.4 is 10.6 Å². The summed E-state index contributed by atoms with van der Waals surface area (Å²) in [6.07, 6.45) is 0.0347. The maximum atomic E-state index is 13.4. The van der Waals surface area contributed by atoms with E-state index in [0.717, 1.165) is 6.07 Å². The molecule has 0 saturated heterocycles. The Morgan fingerprint density at radius 3 is 2.74 bits per heavy atom. The SMILES string of the molecule is COC(=O)CC(C)NC(=O)Nc1ccc(Cl)cc1F. The van der Waals surface area contributed by atoms with E-state index in [2.05, 4.69) is 15.4 Å². The summed E-state index contributed by atoms with van der Waals surface area (Å²) in [4.78, 5) is 22.5. The number of anilines is 1. The summed E-state index contributed by atoms with van der Waals surface area (Å²) < 4.78 is 17.9. The number of rotatable bonds is 4. The Labute approximate surface area is 115 Å². The number of esters is 1. The number of benzene rings is 1. The fourth-order valence-corrected chi connectivity index (χ4v) is 1.52. The molecule has 0 saturated carbocycles. The minimum Gasteiger partial charge on any atom is -0.469 e. The number of nitrogens with one attached hydrogen (secondary N) is 2. The van der Waals surface area contributed by atoms with Gasteiger partial charge >= 0.3 is 12.0 Å². The van der Waals surface area contributed by atoms with Crippen LogP contribution in [0.1, 0.15) is 13.3 Å². The molecule has 1 unspecified atom stereocenters. The maximum Gasteiger partial charge on any atom is 0.319 e. The van der Waals surface area contributed by atoms with Crippen LogP contribution in [0.3, 0.4) is 0 Å². The number of methoxy groups -OCH3 is 1. The highest BCUT2D eigenvalue weighted by Gasteiger charge is 2.13. The summed E-state index contributed by atoms with van der Waals surface area (Å²) in [6.45, 7) is 1.63. The fraction of sp³-hybridized carbons (Fsp3) is 0.333. The smallest absolute Gasteiger partial charge is 0.319 e. The molecule has 1 rings (SSSR count). The molecule has 19 heavy (non-hydrogen) atoms. The van der Waals surface area contributed by atoms with Crippen molar-refractivity contribution in [3.8, 4) is 0 Å². The lowest BCUT2D eigenvalue weighted by Gasteiger charge is -2.13. The molecule has 0 spiro atoms. The molecule has 1 aromatic carbocycles. The van der Waals surface area contributed by atoms with Gasteiger partial charge < -0.3 is 15.4 Å². The second-order valence-corrected chi connectivity index (χ2v) is 4.34. The molecule has 0 fully saturated rings. The number of halogens is 2. The molecule has 2 N–H and O–H groups in total. The molecule has 0 bridgehead atoms. The summed E-state index contributed by atoms with van der Waals surface area (Å²) in [6, 6.07) is 2.86. The Balaban J connectivity index is 2.53. The first-order valence-electron chi connectivity index (χ1n) is 5.51. The number of amides is 2. The topological polar surface area (TPSA) is 67.4 Å². The van der Waals surface area contributed by atoms with Crippen LogP contribution in [0.2, 0.25) is 5.02 Å². The van der Waals surface area contributed by atoms with E-state index < -0.39 is 23.9 Å². The Morgan fingerprint density at radius 1 is 1.47 bits per heavy atom. The lowest BCUT2D eigenvalue weighted by atomic mass is 10.2. The summed E-state index contributed by atoms with van der Waals surface area (Å²) in [5.74, 6) is -1.08. The zero-order valence-electron chi connectivity index (χ0n) is 10.5. The van der Waals surface area contributed by atoms with Crippen LogP contribution in [0.15, 0.2) is 18.2 Å². The molecule has 7 heteroatoms. The number of hydrogen-bond acceptors (Lipinski definition) is 3. The van der Waals surface area contributed by atoms with E-state index in [-0.39, 0.29) is 17.1 Å². The average molecular weight is 289 g/mol. The van der Waals surface area contributed by atoms with Crippen molar-refractivity contribution >= 4 is 29.3 Å². The predicted molar refractivity (Wildman–Crippen MR) is 69.7 cm³/mol. The molecule has 0 radical (unpaired) electrons. The third-order valence-corrected chi connectivity index (χ3v) is 2.49. The first-order valence-corrected chi connectivity index (χ1v) is 5.89. The molecular weight excluding hydrogens is 275 g/mol. The van der Waals surface area contributed by atoms with Gasteiger partial charge in [-0.15, -0.1) is 0 Å². The van der Waals surface area contributed by atoms with E-state index in [1.165, 1.54) is 19.2 Å². The Hall–Kier alpha value is -1.82. The summed E-state index contributed by atoms with van der Waals surface area (Å²) in [7, 11) is 1.26. The van der Waals surface area contributed by atoms with Crippen molar-refractivity contribution in [1.82, 2.24) is 5.32 Å². The van der Waals surface area contributed by atoms with Crippen molar-refractivity contribution in [3.05, 3.63) is 29.0 Å². The van der Waals surface area contributed by atoms with E-state index in [1.54, 1.807) is 6.92 Å². The normalized spacial score (nSPS) is 11.6. The van der Waals surface area contributed by atoms with Gasteiger partial charge in [0.05, 0.1) is 19.2 Å². The van der Waals surface area contributed by atoms with Crippen LogP contribution in [0.25, 0.3) is 0 Å². The first kappa shape index (κ1) is 15.2. The average Bonchev–Trinajstić information content (AvgIpc) is 2.32. The van der Waals surface area contributed by atoms with Crippen molar-refractivity contribution in [2.24, 2.45) is 0 Å². The molecule has 0 aromatic heterocycles. The van der Waals surface area contributed by atoms with Crippen molar-refractivity contribution in [2.45, 2.75) is 19.4 Å². The van der Waals surface area contributed by atoms with Gasteiger partial charge in [-0.05, 0) is 25.1 Å². The molecule has 2 amide bonds. The Morgan fingerprint density at radius 2 is 2.16 bits per heavy atom. The number of carbonyl (C=O) groups is 2.